The van der Waals surface area contributed by atoms with Crippen molar-refractivity contribution in [1.82, 2.24) is 30.0 Å². The number of aromatic nitrogens is 4. The minimum Gasteiger partial charge on any atom is -0.459 e. The van der Waals surface area contributed by atoms with Crippen molar-refractivity contribution in [2.24, 2.45) is 5.92 Å². The number of carbonyl (C=O) groups excluding carboxylic acids is 1. The van der Waals surface area contributed by atoms with Crippen molar-refractivity contribution < 1.29 is 9.21 Å². The Morgan fingerprint density at radius 1 is 1.13 bits per heavy atom. The number of benzene rings is 1. The molecule has 31 heavy (non-hydrogen) atoms. The van der Waals surface area contributed by atoms with Gasteiger partial charge in [-0.05, 0) is 46.5 Å². The SMILES string of the molecule is CC(C)CCn1nnnc1[C@@H](c1ccccc1Cl)N1CCN(C(=O)c2ccco2)CC1. The van der Waals surface area contributed by atoms with E-state index in [0.29, 0.717) is 42.9 Å². The molecule has 3 aromatic rings. The van der Waals surface area contributed by atoms with Gasteiger partial charge in [0.1, 0.15) is 0 Å². The molecule has 0 unspecified atom stereocenters. The van der Waals surface area contributed by atoms with Gasteiger partial charge in [-0.3, -0.25) is 9.69 Å². The van der Waals surface area contributed by atoms with E-state index in [4.69, 9.17) is 16.0 Å². The van der Waals surface area contributed by atoms with E-state index in [9.17, 15) is 4.79 Å². The van der Waals surface area contributed by atoms with Gasteiger partial charge in [0.2, 0.25) is 0 Å². The molecule has 8 nitrogen and oxygen atoms in total. The van der Waals surface area contributed by atoms with Crippen LogP contribution in [0.2, 0.25) is 5.02 Å². The van der Waals surface area contributed by atoms with Crippen LogP contribution in [0.1, 0.15) is 48.3 Å². The number of amides is 1. The molecule has 3 heterocycles. The van der Waals surface area contributed by atoms with Gasteiger partial charge in [-0.25, -0.2) is 4.68 Å². The van der Waals surface area contributed by atoms with Crippen molar-refractivity contribution >= 4 is 17.5 Å². The quantitative estimate of drug-likeness (QED) is 0.557. The number of piperazine rings is 1. The first-order valence-corrected chi connectivity index (χ1v) is 11.0. The van der Waals surface area contributed by atoms with Crippen LogP contribution in [0.3, 0.4) is 0 Å². The lowest BCUT2D eigenvalue weighted by atomic mass is 10.0. The Hall–Kier alpha value is -2.71. The number of tetrazole rings is 1. The lowest BCUT2D eigenvalue weighted by Crippen LogP contribution is -2.50. The first kappa shape index (κ1) is 21.5. The van der Waals surface area contributed by atoms with Crippen LogP contribution in [-0.4, -0.2) is 62.1 Å². The fourth-order valence-corrected chi connectivity index (χ4v) is 4.12. The number of hydrogen-bond acceptors (Lipinski definition) is 6. The molecule has 1 amide bonds. The average Bonchev–Trinajstić information content (AvgIpc) is 3.46. The van der Waals surface area contributed by atoms with Crippen LogP contribution in [0, 0.1) is 5.92 Å². The van der Waals surface area contributed by atoms with Gasteiger partial charge < -0.3 is 9.32 Å². The topological polar surface area (TPSA) is 80.3 Å². The van der Waals surface area contributed by atoms with Gasteiger partial charge in [-0.1, -0.05) is 43.6 Å². The second-order valence-electron chi connectivity index (χ2n) is 8.17. The van der Waals surface area contributed by atoms with E-state index in [2.05, 4.69) is 34.3 Å². The minimum atomic E-state index is -0.184. The van der Waals surface area contributed by atoms with E-state index in [1.165, 1.54) is 6.26 Å². The lowest BCUT2D eigenvalue weighted by Gasteiger charge is -2.38. The van der Waals surface area contributed by atoms with Crippen LogP contribution in [0.5, 0.6) is 0 Å². The predicted octanol–water partition coefficient (Wildman–Crippen LogP) is 3.51. The Bertz CT molecular complexity index is 995. The number of furan rings is 1. The number of aryl methyl sites for hydroxylation is 1. The Morgan fingerprint density at radius 3 is 2.58 bits per heavy atom. The van der Waals surface area contributed by atoms with Crippen molar-refractivity contribution in [3.8, 4) is 0 Å². The molecule has 2 aromatic heterocycles. The van der Waals surface area contributed by atoms with E-state index in [1.54, 1.807) is 12.1 Å². The zero-order chi connectivity index (χ0) is 21.8. The van der Waals surface area contributed by atoms with Gasteiger partial charge in [0.15, 0.2) is 11.6 Å². The van der Waals surface area contributed by atoms with Crippen molar-refractivity contribution in [3.05, 3.63) is 64.8 Å². The maximum atomic E-state index is 12.6. The molecule has 164 valence electrons. The van der Waals surface area contributed by atoms with Crippen LogP contribution in [0.15, 0.2) is 47.1 Å². The molecule has 0 N–H and O–H groups in total. The summed E-state index contributed by atoms with van der Waals surface area (Å²) in [6, 6.07) is 11.1. The van der Waals surface area contributed by atoms with Crippen molar-refractivity contribution in [1.29, 1.82) is 0 Å². The third-order valence-electron chi connectivity index (χ3n) is 5.62. The molecule has 1 aliphatic rings. The smallest absolute Gasteiger partial charge is 0.289 e. The molecule has 0 bridgehead atoms. The molecule has 0 saturated carbocycles. The average molecular weight is 443 g/mol. The molecule has 9 heteroatoms. The minimum absolute atomic E-state index is 0.0827. The lowest BCUT2D eigenvalue weighted by molar-refractivity contribution is 0.0559. The largest absolute Gasteiger partial charge is 0.459 e. The summed E-state index contributed by atoms with van der Waals surface area (Å²) in [5, 5.41) is 13.3. The first-order valence-electron chi connectivity index (χ1n) is 10.6. The van der Waals surface area contributed by atoms with Crippen LogP contribution in [0.4, 0.5) is 0 Å². The molecular formula is C22H27ClN6O2. The molecule has 4 rings (SSSR count). The standard InChI is InChI=1S/C22H27ClN6O2/c1-16(2)9-10-29-21(24-25-26-29)20(17-6-3-4-7-18(17)23)27-11-13-28(14-12-27)22(30)19-8-5-15-31-19/h3-8,15-16,20H,9-14H2,1-2H3/t20-/m1/s1. The highest BCUT2D eigenvalue weighted by molar-refractivity contribution is 6.31. The van der Waals surface area contributed by atoms with E-state index >= 15 is 0 Å². The van der Waals surface area contributed by atoms with Crippen LogP contribution >= 0.6 is 11.6 Å². The van der Waals surface area contributed by atoms with E-state index < -0.39 is 0 Å². The summed E-state index contributed by atoms with van der Waals surface area (Å²) < 4.78 is 7.16. The van der Waals surface area contributed by atoms with Crippen molar-refractivity contribution in [2.75, 3.05) is 26.2 Å². The van der Waals surface area contributed by atoms with Crippen LogP contribution < -0.4 is 0 Å². The monoisotopic (exact) mass is 442 g/mol. The van der Waals surface area contributed by atoms with Gasteiger partial charge in [0.05, 0.1) is 12.3 Å². The Labute approximate surface area is 186 Å². The van der Waals surface area contributed by atoms with Gasteiger partial charge >= 0.3 is 0 Å². The van der Waals surface area contributed by atoms with Crippen LogP contribution in [0.25, 0.3) is 0 Å². The summed E-state index contributed by atoms with van der Waals surface area (Å²) in [7, 11) is 0. The Morgan fingerprint density at radius 2 is 1.90 bits per heavy atom. The van der Waals surface area contributed by atoms with Gasteiger partial charge in [-0.2, -0.15) is 0 Å². The van der Waals surface area contributed by atoms with E-state index in [0.717, 1.165) is 24.4 Å². The highest BCUT2D eigenvalue weighted by atomic mass is 35.5. The van der Waals surface area contributed by atoms with Crippen molar-refractivity contribution in [2.45, 2.75) is 32.9 Å². The summed E-state index contributed by atoms with van der Waals surface area (Å²) in [4.78, 5) is 16.8. The van der Waals surface area contributed by atoms with Crippen molar-refractivity contribution in [3.63, 3.8) is 0 Å². The third kappa shape index (κ3) is 4.80. The highest BCUT2D eigenvalue weighted by Gasteiger charge is 2.33. The summed E-state index contributed by atoms with van der Waals surface area (Å²) in [5.41, 5.74) is 0.968. The zero-order valence-electron chi connectivity index (χ0n) is 17.8. The summed E-state index contributed by atoms with van der Waals surface area (Å²) >= 11 is 6.60. The maximum absolute atomic E-state index is 12.6. The summed E-state index contributed by atoms with van der Waals surface area (Å²) in [6.45, 7) is 7.66. The molecular weight excluding hydrogens is 416 g/mol. The zero-order valence-corrected chi connectivity index (χ0v) is 18.6. The molecule has 1 atom stereocenters. The number of halogens is 1. The summed E-state index contributed by atoms with van der Waals surface area (Å²) in [5.74, 6) is 1.61. The molecule has 0 aliphatic carbocycles. The fraction of sp³-hybridized carbons (Fsp3) is 0.455. The number of hydrogen-bond donors (Lipinski definition) is 0. The molecule has 0 spiro atoms. The Balaban J connectivity index is 1.58. The van der Waals surface area contributed by atoms with Gasteiger partial charge in [-0.15, -0.1) is 5.10 Å². The number of rotatable bonds is 7. The van der Waals surface area contributed by atoms with E-state index in [1.807, 2.05) is 33.8 Å². The molecule has 1 aromatic carbocycles. The number of nitrogens with zero attached hydrogens (tertiary/aromatic N) is 6. The Kier molecular flexibility index (Phi) is 6.67. The second kappa shape index (κ2) is 9.62. The van der Waals surface area contributed by atoms with Gasteiger partial charge in [0.25, 0.3) is 5.91 Å². The molecule has 1 saturated heterocycles. The molecule has 1 fully saturated rings. The third-order valence-corrected chi connectivity index (χ3v) is 5.97. The molecule has 1 aliphatic heterocycles. The normalized spacial score (nSPS) is 16.1. The summed E-state index contributed by atoms with van der Waals surface area (Å²) in [6.07, 6.45) is 2.51. The van der Waals surface area contributed by atoms with Gasteiger partial charge in [0, 0.05) is 37.7 Å². The van der Waals surface area contributed by atoms with Crippen LogP contribution in [-0.2, 0) is 6.54 Å². The predicted molar refractivity (Wildman–Crippen MR) is 117 cm³/mol. The first-order chi connectivity index (χ1) is 15.0. The van der Waals surface area contributed by atoms with E-state index in [-0.39, 0.29) is 11.9 Å². The number of carbonyl (C=O) groups is 1. The fourth-order valence-electron chi connectivity index (χ4n) is 3.88. The second-order valence-corrected chi connectivity index (χ2v) is 8.58. The highest BCUT2D eigenvalue weighted by Crippen LogP contribution is 2.33. The molecule has 0 radical (unpaired) electrons. The maximum Gasteiger partial charge on any atom is 0.289 e.